The molecule has 0 aliphatic carbocycles. The van der Waals surface area contributed by atoms with Crippen molar-refractivity contribution in [2.45, 2.75) is 30.7 Å². The molecule has 0 aliphatic rings. The SMILES string of the molecule is O=C(O)CCCCCSc1cccc2nccn12. The van der Waals surface area contributed by atoms with E-state index in [0.717, 1.165) is 30.7 Å². The molecule has 0 aliphatic heterocycles. The minimum absolute atomic E-state index is 0.280. The molecule has 0 radical (unpaired) electrons. The summed E-state index contributed by atoms with van der Waals surface area (Å²) in [6.45, 7) is 0. The van der Waals surface area contributed by atoms with E-state index in [2.05, 4.69) is 15.5 Å². The number of pyridine rings is 1. The zero-order chi connectivity index (χ0) is 12.8. The van der Waals surface area contributed by atoms with E-state index in [9.17, 15) is 4.79 Å². The van der Waals surface area contributed by atoms with Crippen LogP contribution in [0.2, 0.25) is 0 Å². The summed E-state index contributed by atoms with van der Waals surface area (Å²) in [4.78, 5) is 14.6. The first kappa shape index (κ1) is 13.0. The number of aromatic nitrogens is 2. The van der Waals surface area contributed by atoms with Crippen molar-refractivity contribution in [3.63, 3.8) is 0 Å². The molecule has 4 nitrogen and oxygen atoms in total. The van der Waals surface area contributed by atoms with E-state index in [0.29, 0.717) is 0 Å². The molecule has 5 heteroatoms. The van der Waals surface area contributed by atoms with Crippen molar-refractivity contribution in [1.82, 2.24) is 9.38 Å². The highest BCUT2D eigenvalue weighted by Crippen LogP contribution is 2.20. The van der Waals surface area contributed by atoms with Crippen molar-refractivity contribution in [1.29, 1.82) is 0 Å². The molecule has 0 saturated heterocycles. The summed E-state index contributed by atoms with van der Waals surface area (Å²) in [5.74, 6) is 0.308. The summed E-state index contributed by atoms with van der Waals surface area (Å²) in [7, 11) is 0. The summed E-state index contributed by atoms with van der Waals surface area (Å²) in [6.07, 6.45) is 6.82. The average Bonchev–Trinajstić information content (AvgIpc) is 2.82. The zero-order valence-corrected chi connectivity index (χ0v) is 10.9. The maximum absolute atomic E-state index is 10.4. The van der Waals surface area contributed by atoms with E-state index in [1.807, 2.05) is 18.3 Å². The van der Waals surface area contributed by atoms with Crippen molar-refractivity contribution < 1.29 is 9.90 Å². The lowest BCUT2D eigenvalue weighted by molar-refractivity contribution is -0.137. The third-order valence-electron chi connectivity index (χ3n) is 2.68. The topological polar surface area (TPSA) is 54.6 Å². The fraction of sp³-hybridized carbons (Fsp3) is 0.385. The van der Waals surface area contributed by atoms with Crippen molar-refractivity contribution in [2.24, 2.45) is 0 Å². The number of unbranched alkanes of at least 4 members (excludes halogenated alkanes) is 2. The number of hydrogen-bond acceptors (Lipinski definition) is 3. The second kappa shape index (κ2) is 6.44. The van der Waals surface area contributed by atoms with Crippen molar-refractivity contribution in [3.8, 4) is 0 Å². The lowest BCUT2D eigenvalue weighted by atomic mass is 10.2. The molecule has 2 aromatic rings. The first-order valence-electron chi connectivity index (χ1n) is 6.04. The average molecular weight is 264 g/mol. The second-order valence-electron chi connectivity index (χ2n) is 4.07. The van der Waals surface area contributed by atoms with Gasteiger partial charge in [-0.1, -0.05) is 12.5 Å². The molecule has 2 aromatic heterocycles. The van der Waals surface area contributed by atoms with E-state index >= 15 is 0 Å². The number of nitrogens with zero attached hydrogens (tertiary/aromatic N) is 2. The van der Waals surface area contributed by atoms with Gasteiger partial charge in [-0.3, -0.25) is 9.20 Å². The van der Waals surface area contributed by atoms with Crippen LogP contribution in [0.25, 0.3) is 5.65 Å². The Morgan fingerprint density at radius 2 is 2.22 bits per heavy atom. The van der Waals surface area contributed by atoms with Gasteiger partial charge in [0, 0.05) is 18.8 Å². The first-order valence-corrected chi connectivity index (χ1v) is 7.02. The number of imidazole rings is 1. The summed E-state index contributed by atoms with van der Waals surface area (Å²) in [5, 5.41) is 9.71. The van der Waals surface area contributed by atoms with Crippen molar-refractivity contribution in [2.75, 3.05) is 5.75 Å². The van der Waals surface area contributed by atoms with Crippen LogP contribution in [-0.2, 0) is 4.79 Å². The molecule has 0 unspecified atom stereocenters. The van der Waals surface area contributed by atoms with E-state index in [1.54, 1.807) is 18.0 Å². The van der Waals surface area contributed by atoms with Crippen LogP contribution >= 0.6 is 11.8 Å². The van der Waals surface area contributed by atoms with Gasteiger partial charge in [0.15, 0.2) is 0 Å². The minimum atomic E-state index is -0.703. The fourth-order valence-electron chi connectivity index (χ4n) is 1.77. The van der Waals surface area contributed by atoms with Crippen molar-refractivity contribution in [3.05, 3.63) is 30.6 Å². The van der Waals surface area contributed by atoms with Gasteiger partial charge in [-0.2, -0.15) is 0 Å². The Bertz CT molecular complexity index is 524. The quantitative estimate of drug-likeness (QED) is 0.617. The van der Waals surface area contributed by atoms with Gasteiger partial charge < -0.3 is 5.11 Å². The van der Waals surface area contributed by atoms with Gasteiger partial charge in [0.25, 0.3) is 0 Å². The van der Waals surface area contributed by atoms with Gasteiger partial charge >= 0.3 is 5.97 Å². The molecule has 1 N–H and O–H groups in total. The Morgan fingerprint density at radius 3 is 3.06 bits per heavy atom. The van der Waals surface area contributed by atoms with Gasteiger partial charge in [0.05, 0.1) is 5.03 Å². The van der Waals surface area contributed by atoms with E-state index < -0.39 is 5.97 Å². The molecule has 0 bridgehead atoms. The molecule has 96 valence electrons. The number of rotatable bonds is 7. The molecule has 2 rings (SSSR count). The molecule has 0 saturated carbocycles. The molecule has 0 atom stereocenters. The maximum Gasteiger partial charge on any atom is 0.303 e. The van der Waals surface area contributed by atoms with Gasteiger partial charge in [-0.15, -0.1) is 11.8 Å². The largest absolute Gasteiger partial charge is 0.481 e. The summed E-state index contributed by atoms with van der Waals surface area (Å²) >= 11 is 1.79. The monoisotopic (exact) mass is 264 g/mol. The Balaban J connectivity index is 1.76. The van der Waals surface area contributed by atoms with Crippen LogP contribution in [0.3, 0.4) is 0 Å². The van der Waals surface area contributed by atoms with Crippen LogP contribution in [0.1, 0.15) is 25.7 Å². The minimum Gasteiger partial charge on any atom is -0.481 e. The van der Waals surface area contributed by atoms with Gasteiger partial charge in [0.2, 0.25) is 0 Å². The molecular formula is C13H16N2O2S. The summed E-state index contributed by atoms with van der Waals surface area (Å²) in [6, 6.07) is 6.07. The van der Waals surface area contributed by atoms with Crippen LogP contribution in [0.4, 0.5) is 0 Å². The summed E-state index contributed by atoms with van der Waals surface area (Å²) in [5.41, 5.74) is 0.964. The standard InChI is InChI=1S/C13H16N2O2S/c16-13(17)7-2-1-3-10-18-12-6-4-5-11-14-8-9-15(11)12/h4-6,8-9H,1-3,7,10H2,(H,16,17). The number of thioether (sulfide) groups is 1. The molecule has 0 amide bonds. The highest BCUT2D eigenvalue weighted by Gasteiger charge is 2.01. The first-order chi connectivity index (χ1) is 8.77. The van der Waals surface area contributed by atoms with Crippen LogP contribution in [0, 0.1) is 0 Å². The van der Waals surface area contributed by atoms with Crippen molar-refractivity contribution >= 4 is 23.4 Å². The molecular weight excluding hydrogens is 248 g/mol. The predicted octanol–water partition coefficient (Wildman–Crippen LogP) is 3.07. The Morgan fingerprint density at radius 1 is 1.33 bits per heavy atom. The molecule has 0 fully saturated rings. The number of hydrogen-bond donors (Lipinski definition) is 1. The van der Waals surface area contributed by atoms with Crippen LogP contribution in [0.5, 0.6) is 0 Å². The number of carboxylic acids is 1. The van der Waals surface area contributed by atoms with Crippen LogP contribution < -0.4 is 0 Å². The molecule has 0 aromatic carbocycles. The number of fused-ring (bicyclic) bond motifs is 1. The Kier molecular flexibility index (Phi) is 4.64. The van der Waals surface area contributed by atoms with Crippen LogP contribution in [0.15, 0.2) is 35.6 Å². The number of aliphatic carboxylic acids is 1. The van der Waals surface area contributed by atoms with Gasteiger partial charge in [-0.25, -0.2) is 4.98 Å². The highest BCUT2D eigenvalue weighted by molar-refractivity contribution is 7.99. The number of carboxylic acid groups (broad SMARTS) is 1. The predicted molar refractivity (Wildman–Crippen MR) is 72.0 cm³/mol. The fourth-order valence-corrected chi connectivity index (χ4v) is 2.80. The Labute approximate surface area is 110 Å². The molecule has 2 heterocycles. The normalized spacial score (nSPS) is 10.9. The summed E-state index contributed by atoms with van der Waals surface area (Å²) < 4.78 is 2.07. The zero-order valence-electron chi connectivity index (χ0n) is 10.1. The van der Waals surface area contributed by atoms with E-state index in [4.69, 9.17) is 5.11 Å². The smallest absolute Gasteiger partial charge is 0.303 e. The van der Waals surface area contributed by atoms with Gasteiger partial charge in [-0.05, 0) is 30.7 Å². The molecule has 0 spiro atoms. The van der Waals surface area contributed by atoms with E-state index in [-0.39, 0.29) is 6.42 Å². The van der Waals surface area contributed by atoms with Crippen LogP contribution in [-0.4, -0.2) is 26.2 Å². The lowest BCUT2D eigenvalue weighted by Gasteiger charge is -2.04. The molecule has 18 heavy (non-hydrogen) atoms. The Hall–Kier alpha value is -1.49. The van der Waals surface area contributed by atoms with Gasteiger partial charge in [0.1, 0.15) is 5.65 Å². The highest BCUT2D eigenvalue weighted by atomic mass is 32.2. The third kappa shape index (κ3) is 3.50. The maximum atomic E-state index is 10.4. The lowest BCUT2D eigenvalue weighted by Crippen LogP contribution is -1.94. The number of carbonyl (C=O) groups is 1. The second-order valence-corrected chi connectivity index (χ2v) is 5.19. The van der Waals surface area contributed by atoms with E-state index in [1.165, 1.54) is 5.03 Å². The third-order valence-corrected chi connectivity index (χ3v) is 3.80.